The molecule has 3 N–H and O–H groups in total. The predicted octanol–water partition coefficient (Wildman–Crippen LogP) is 5.58. The van der Waals surface area contributed by atoms with Gasteiger partial charge < -0.3 is 29.7 Å². The summed E-state index contributed by atoms with van der Waals surface area (Å²) in [4.78, 5) is 9.31. The van der Waals surface area contributed by atoms with Gasteiger partial charge >= 0.3 is 0 Å². The Labute approximate surface area is 244 Å². The van der Waals surface area contributed by atoms with E-state index < -0.39 is 12.2 Å². The van der Waals surface area contributed by atoms with Gasteiger partial charge in [-0.2, -0.15) is 4.99 Å². The second-order valence-corrected chi connectivity index (χ2v) is 11.9. The number of allylic oxidation sites excluding steroid dienone is 1. The first-order chi connectivity index (χ1) is 19.8. The molecule has 1 aromatic carbocycles. The van der Waals surface area contributed by atoms with Gasteiger partial charge in [-0.05, 0) is 86.3 Å². The van der Waals surface area contributed by atoms with Gasteiger partial charge in [0.05, 0.1) is 29.9 Å². The lowest BCUT2D eigenvalue weighted by molar-refractivity contribution is -0.0602. The third-order valence-electron chi connectivity index (χ3n) is 8.53. The van der Waals surface area contributed by atoms with Crippen LogP contribution in [0.25, 0.3) is 5.57 Å². The molecule has 2 fully saturated rings. The fourth-order valence-electron chi connectivity index (χ4n) is 6.39. The number of ether oxygens (including phenoxy) is 3. The van der Waals surface area contributed by atoms with Crippen molar-refractivity contribution in [2.24, 2.45) is 4.99 Å². The number of benzene rings is 1. The van der Waals surface area contributed by atoms with Gasteiger partial charge in [-0.15, -0.1) is 0 Å². The molecule has 0 radical (unpaired) electrons. The third kappa shape index (κ3) is 6.01. The van der Waals surface area contributed by atoms with Gasteiger partial charge in [-0.25, -0.2) is 9.37 Å². The fourth-order valence-corrected chi connectivity index (χ4v) is 6.65. The Kier molecular flexibility index (Phi) is 8.34. The molecule has 0 bridgehead atoms. The van der Waals surface area contributed by atoms with Crippen molar-refractivity contribution in [1.29, 1.82) is 0 Å². The van der Waals surface area contributed by atoms with Crippen molar-refractivity contribution >= 4 is 34.7 Å². The molecule has 220 valence electrons. The van der Waals surface area contributed by atoms with E-state index in [0.717, 1.165) is 47.9 Å². The van der Waals surface area contributed by atoms with Crippen LogP contribution in [0, 0.1) is 12.7 Å². The Bertz CT molecular complexity index is 1370. The zero-order chi connectivity index (χ0) is 28.7. The van der Waals surface area contributed by atoms with E-state index in [0.29, 0.717) is 60.6 Å². The molecule has 2 aliphatic carbocycles. The normalized spacial score (nSPS) is 29.9. The van der Waals surface area contributed by atoms with Crippen LogP contribution in [-0.4, -0.2) is 64.8 Å². The molecule has 8 nitrogen and oxygen atoms in total. The molecule has 6 rings (SSSR count). The monoisotopic (exact) mass is 585 g/mol. The smallest absolute Gasteiger partial charge is 0.187 e. The summed E-state index contributed by atoms with van der Waals surface area (Å²) in [6.45, 7) is 4.50. The second-order valence-electron chi connectivity index (χ2n) is 11.5. The molecule has 2 aliphatic heterocycles. The Morgan fingerprint density at radius 3 is 2.80 bits per heavy atom. The van der Waals surface area contributed by atoms with Gasteiger partial charge in [-0.3, -0.25) is 0 Å². The minimum absolute atomic E-state index is 0.242. The second kappa shape index (κ2) is 12.0. The van der Waals surface area contributed by atoms with Gasteiger partial charge in [0.15, 0.2) is 17.8 Å². The van der Waals surface area contributed by atoms with Crippen LogP contribution >= 0.6 is 11.6 Å². The van der Waals surface area contributed by atoms with Crippen molar-refractivity contribution in [2.45, 2.75) is 95.4 Å². The molecular formula is C31H37ClFN3O5. The molecule has 0 spiro atoms. The Morgan fingerprint density at radius 1 is 1.15 bits per heavy atom. The van der Waals surface area contributed by atoms with Crippen molar-refractivity contribution in [3.63, 3.8) is 0 Å². The number of pyridine rings is 1. The first-order valence-electron chi connectivity index (χ1n) is 14.5. The summed E-state index contributed by atoms with van der Waals surface area (Å²) in [6, 6.07) is 5.21. The standard InChI is InChI=1S/C31H37ClFN3O5/c1-16-12-22(32)31(36-30(16)34-17(2)41-26-15-40-28-25(38)4-3-11-39-29(26)28)35-24-10-7-19-13-20(14-23(33)27(19)24)18-5-8-21(37)9-6-18/h5,12-14,21,24-26,28-29,37-38H,3-4,6-11,15H2,1-2H3,(H,35,36)/t21?,24?,25-,26-,28-,29-/m1/s1. The van der Waals surface area contributed by atoms with Gasteiger partial charge in [0.25, 0.3) is 0 Å². The number of aliphatic hydroxyl groups is 2. The van der Waals surface area contributed by atoms with Gasteiger partial charge in [0.2, 0.25) is 0 Å². The highest BCUT2D eigenvalue weighted by Gasteiger charge is 2.45. The quantitative estimate of drug-likeness (QED) is 0.310. The van der Waals surface area contributed by atoms with E-state index in [-0.39, 0.29) is 30.2 Å². The molecule has 2 aromatic rings. The molecule has 41 heavy (non-hydrogen) atoms. The van der Waals surface area contributed by atoms with E-state index in [1.807, 2.05) is 13.0 Å². The Balaban J connectivity index is 1.18. The number of fused-ring (bicyclic) bond motifs is 2. The average molecular weight is 586 g/mol. The molecular weight excluding hydrogens is 549 g/mol. The molecule has 2 unspecified atom stereocenters. The van der Waals surface area contributed by atoms with Crippen molar-refractivity contribution < 1.29 is 28.8 Å². The largest absolute Gasteiger partial charge is 0.472 e. The van der Waals surface area contributed by atoms with E-state index in [9.17, 15) is 10.2 Å². The molecule has 10 heteroatoms. The third-order valence-corrected chi connectivity index (χ3v) is 8.82. The molecule has 0 saturated carbocycles. The van der Waals surface area contributed by atoms with Crippen molar-refractivity contribution in [3.05, 3.63) is 57.4 Å². The number of hydrogen-bond acceptors (Lipinski definition) is 8. The fraction of sp³-hybridized carbons (Fsp3) is 0.548. The summed E-state index contributed by atoms with van der Waals surface area (Å²) in [5.41, 5.74) is 4.40. The van der Waals surface area contributed by atoms with E-state index in [4.69, 9.17) is 30.8 Å². The molecule has 3 heterocycles. The maximum Gasteiger partial charge on any atom is 0.187 e. The predicted molar refractivity (Wildman–Crippen MR) is 155 cm³/mol. The van der Waals surface area contributed by atoms with E-state index in [1.165, 1.54) is 0 Å². The van der Waals surface area contributed by atoms with Crippen LogP contribution in [0.5, 0.6) is 0 Å². The van der Waals surface area contributed by atoms with Crippen molar-refractivity contribution in [2.75, 3.05) is 18.5 Å². The average Bonchev–Trinajstić information content (AvgIpc) is 3.48. The summed E-state index contributed by atoms with van der Waals surface area (Å²) < 4.78 is 33.3. The molecule has 0 amide bonds. The van der Waals surface area contributed by atoms with Crippen LogP contribution < -0.4 is 5.32 Å². The van der Waals surface area contributed by atoms with Gasteiger partial charge in [0, 0.05) is 19.1 Å². The number of nitrogens with zero attached hydrogens (tertiary/aromatic N) is 2. The number of aliphatic imine (C=N–C) groups is 1. The number of aliphatic hydroxyl groups excluding tert-OH is 2. The number of aryl methyl sites for hydroxylation is 2. The zero-order valence-electron chi connectivity index (χ0n) is 23.4. The summed E-state index contributed by atoms with van der Waals surface area (Å²) in [7, 11) is 0. The molecule has 1 aromatic heterocycles. The summed E-state index contributed by atoms with van der Waals surface area (Å²) in [5, 5.41) is 24.0. The molecule has 4 aliphatic rings. The van der Waals surface area contributed by atoms with Crippen LogP contribution in [-0.2, 0) is 20.6 Å². The van der Waals surface area contributed by atoms with Crippen molar-refractivity contribution in [3.8, 4) is 0 Å². The summed E-state index contributed by atoms with van der Waals surface area (Å²) in [6.07, 6.45) is 4.96. The Hall–Kier alpha value is -2.56. The lowest BCUT2D eigenvalue weighted by atomic mass is 9.90. The van der Waals surface area contributed by atoms with Gasteiger partial charge in [0.1, 0.15) is 23.8 Å². The zero-order valence-corrected chi connectivity index (χ0v) is 24.2. The van der Waals surface area contributed by atoms with E-state index in [2.05, 4.69) is 16.4 Å². The topological polar surface area (TPSA) is 105 Å². The minimum atomic E-state index is -0.572. The number of hydrogen-bond donors (Lipinski definition) is 3. The minimum Gasteiger partial charge on any atom is -0.472 e. The maximum absolute atomic E-state index is 15.5. The first kappa shape index (κ1) is 28.6. The highest BCUT2D eigenvalue weighted by Crippen LogP contribution is 2.40. The van der Waals surface area contributed by atoms with E-state index >= 15 is 4.39 Å². The van der Waals surface area contributed by atoms with Crippen molar-refractivity contribution in [1.82, 2.24) is 4.98 Å². The van der Waals surface area contributed by atoms with Gasteiger partial charge in [-0.1, -0.05) is 23.7 Å². The highest BCUT2D eigenvalue weighted by molar-refractivity contribution is 6.33. The van der Waals surface area contributed by atoms with Crippen LogP contribution in [0.2, 0.25) is 5.02 Å². The lowest BCUT2D eigenvalue weighted by Crippen LogP contribution is -2.40. The maximum atomic E-state index is 15.5. The Morgan fingerprint density at radius 2 is 2.00 bits per heavy atom. The number of anilines is 1. The van der Waals surface area contributed by atoms with Crippen LogP contribution in [0.3, 0.4) is 0 Å². The lowest BCUT2D eigenvalue weighted by Gasteiger charge is -2.23. The van der Waals surface area contributed by atoms with Crippen LogP contribution in [0.15, 0.2) is 29.3 Å². The van der Waals surface area contributed by atoms with Crippen LogP contribution in [0.4, 0.5) is 16.0 Å². The van der Waals surface area contributed by atoms with E-state index in [1.54, 1.807) is 19.1 Å². The SMILES string of the molecule is CC(=Nc1nc(NC2CCc3cc(C4=CCC(O)CC4)cc(F)c32)c(Cl)cc1C)O[C@@H]1CO[C@H]2[C@@H]1OCCC[C@H]2O. The first-order valence-corrected chi connectivity index (χ1v) is 14.9. The van der Waals surface area contributed by atoms with Crippen LogP contribution in [0.1, 0.15) is 73.7 Å². The number of aromatic nitrogens is 1. The summed E-state index contributed by atoms with van der Waals surface area (Å²) in [5.74, 6) is 1.05. The number of nitrogens with one attached hydrogen (secondary N) is 1. The molecule has 6 atom stereocenters. The number of halogens is 2. The molecule has 2 saturated heterocycles. The highest BCUT2D eigenvalue weighted by atomic mass is 35.5. The number of rotatable bonds is 5. The summed E-state index contributed by atoms with van der Waals surface area (Å²) >= 11 is 6.58.